The Bertz CT molecular complexity index is 965. The molecular formula is C22H21N3O2. The van der Waals surface area contributed by atoms with Crippen molar-refractivity contribution < 1.29 is 9.59 Å². The van der Waals surface area contributed by atoms with Gasteiger partial charge in [-0.25, -0.2) is 4.98 Å². The van der Waals surface area contributed by atoms with Gasteiger partial charge in [0, 0.05) is 24.0 Å². The van der Waals surface area contributed by atoms with E-state index in [2.05, 4.69) is 34.7 Å². The zero-order chi connectivity index (χ0) is 19.2. The third-order valence-corrected chi connectivity index (χ3v) is 4.27. The van der Waals surface area contributed by atoms with Crippen molar-refractivity contribution in [2.45, 2.75) is 20.4 Å². The Kier molecular flexibility index (Phi) is 5.61. The Labute approximate surface area is 158 Å². The highest BCUT2D eigenvalue weighted by Crippen LogP contribution is 2.14. The smallest absolute Gasteiger partial charge is 0.257 e. The fraction of sp³-hybridized carbons (Fsp3) is 0.136. The molecule has 1 amide bonds. The fourth-order valence-corrected chi connectivity index (χ4v) is 2.65. The van der Waals surface area contributed by atoms with Gasteiger partial charge in [-0.15, -0.1) is 0 Å². The minimum absolute atomic E-state index is 0.0446. The summed E-state index contributed by atoms with van der Waals surface area (Å²) in [7, 11) is 0. The van der Waals surface area contributed by atoms with E-state index in [9.17, 15) is 9.59 Å². The molecule has 0 atom stereocenters. The van der Waals surface area contributed by atoms with Crippen molar-refractivity contribution in [3.63, 3.8) is 0 Å². The van der Waals surface area contributed by atoms with Gasteiger partial charge in [0.05, 0.1) is 5.56 Å². The summed E-state index contributed by atoms with van der Waals surface area (Å²) in [5.74, 6) is 0.388. The molecule has 0 spiro atoms. The Morgan fingerprint density at radius 3 is 2.48 bits per heavy atom. The Hall–Kier alpha value is -3.47. The SMILES string of the molecule is CC(=O)c1cccc(NC(=O)c2ccc(NCc3ccccc3C)nc2)c1. The van der Waals surface area contributed by atoms with Crippen LogP contribution in [0.4, 0.5) is 11.5 Å². The van der Waals surface area contributed by atoms with Crippen LogP contribution in [0.5, 0.6) is 0 Å². The van der Waals surface area contributed by atoms with Crippen molar-refractivity contribution in [3.8, 4) is 0 Å². The summed E-state index contributed by atoms with van der Waals surface area (Å²) < 4.78 is 0. The van der Waals surface area contributed by atoms with Crippen molar-refractivity contribution in [3.05, 3.63) is 89.1 Å². The zero-order valence-corrected chi connectivity index (χ0v) is 15.3. The predicted molar refractivity (Wildman–Crippen MR) is 107 cm³/mol. The second kappa shape index (κ2) is 8.27. The minimum atomic E-state index is -0.270. The number of rotatable bonds is 6. The molecule has 5 heteroatoms. The van der Waals surface area contributed by atoms with Gasteiger partial charge in [-0.3, -0.25) is 9.59 Å². The second-order valence-electron chi connectivity index (χ2n) is 6.30. The molecule has 5 nitrogen and oxygen atoms in total. The number of Topliss-reactive ketones (excluding diaryl/α,β-unsaturated/α-hetero) is 1. The molecule has 0 saturated carbocycles. The van der Waals surface area contributed by atoms with E-state index >= 15 is 0 Å². The lowest BCUT2D eigenvalue weighted by atomic mass is 10.1. The number of nitrogens with one attached hydrogen (secondary N) is 2. The van der Waals surface area contributed by atoms with Crippen LogP contribution in [-0.2, 0) is 6.54 Å². The van der Waals surface area contributed by atoms with Crippen LogP contribution < -0.4 is 10.6 Å². The van der Waals surface area contributed by atoms with Gasteiger partial charge in [0.15, 0.2) is 5.78 Å². The van der Waals surface area contributed by atoms with Crippen molar-refractivity contribution in [1.29, 1.82) is 0 Å². The number of carbonyl (C=O) groups is 2. The number of aryl methyl sites for hydroxylation is 1. The molecule has 0 radical (unpaired) electrons. The van der Waals surface area contributed by atoms with Crippen molar-refractivity contribution >= 4 is 23.2 Å². The van der Waals surface area contributed by atoms with Crippen LogP contribution in [0.15, 0.2) is 66.9 Å². The summed E-state index contributed by atoms with van der Waals surface area (Å²) in [6, 6.07) is 18.5. The maximum atomic E-state index is 12.4. The van der Waals surface area contributed by atoms with E-state index in [0.29, 0.717) is 29.2 Å². The minimum Gasteiger partial charge on any atom is -0.366 e. The number of carbonyl (C=O) groups excluding carboxylic acids is 2. The first-order valence-corrected chi connectivity index (χ1v) is 8.70. The Balaban J connectivity index is 1.63. The molecule has 3 rings (SSSR count). The van der Waals surface area contributed by atoms with Gasteiger partial charge >= 0.3 is 0 Å². The van der Waals surface area contributed by atoms with E-state index in [4.69, 9.17) is 0 Å². The highest BCUT2D eigenvalue weighted by atomic mass is 16.1. The van der Waals surface area contributed by atoms with E-state index < -0.39 is 0 Å². The van der Waals surface area contributed by atoms with Crippen LogP contribution in [-0.4, -0.2) is 16.7 Å². The quantitative estimate of drug-likeness (QED) is 0.638. The van der Waals surface area contributed by atoms with Crippen LogP contribution in [0.2, 0.25) is 0 Å². The largest absolute Gasteiger partial charge is 0.366 e. The monoisotopic (exact) mass is 359 g/mol. The molecule has 0 aliphatic heterocycles. The van der Waals surface area contributed by atoms with Gasteiger partial charge in [-0.2, -0.15) is 0 Å². The first-order valence-electron chi connectivity index (χ1n) is 8.70. The van der Waals surface area contributed by atoms with Gasteiger partial charge < -0.3 is 10.6 Å². The van der Waals surface area contributed by atoms with Gasteiger partial charge in [0.2, 0.25) is 0 Å². The maximum absolute atomic E-state index is 12.4. The van der Waals surface area contributed by atoms with Crippen LogP contribution >= 0.6 is 0 Å². The van der Waals surface area contributed by atoms with Crippen molar-refractivity contribution in [1.82, 2.24) is 4.98 Å². The summed E-state index contributed by atoms with van der Waals surface area (Å²) in [5.41, 5.74) is 4.00. The third kappa shape index (κ3) is 4.79. The Morgan fingerprint density at radius 2 is 1.78 bits per heavy atom. The summed E-state index contributed by atoms with van der Waals surface area (Å²) >= 11 is 0. The number of aromatic nitrogens is 1. The van der Waals surface area contributed by atoms with Crippen LogP contribution in [0.25, 0.3) is 0 Å². The third-order valence-electron chi connectivity index (χ3n) is 4.27. The molecule has 27 heavy (non-hydrogen) atoms. The molecule has 136 valence electrons. The number of pyridine rings is 1. The van der Waals surface area contributed by atoms with Gasteiger partial charge in [-0.1, -0.05) is 36.4 Å². The average molecular weight is 359 g/mol. The number of ketones is 1. The van der Waals surface area contributed by atoms with Crippen molar-refractivity contribution in [2.75, 3.05) is 10.6 Å². The molecule has 1 aromatic heterocycles. The number of benzene rings is 2. The first kappa shape index (κ1) is 18.3. The highest BCUT2D eigenvalue weighted by molar-refractivity contribution is 6.05. The molecule has 0 saturated heterocycles. The Morgan fingerprint density at radius 1 is 0.963 bits per heavy atom. The van der Waals surface area contributed by atoms with E-state index in [1.54, 1.807) is 36.4 Å². The predicted octanol–water partition coefficient (Wildman–Crippen LogP) is 4.46. The van der Waals surface area contributed by atoms with Crippen LogP contribution in [0.1, 0.15) is 38.8 Å². The molecule has 0 aliphatic rings. The molecular weight excluding hydrogens is 338 g/mol. The standard InChI is InChI=1S/C22H21N3O2/c1-15-6-3-4-7-18(15)13-23-21-11-10-19(14-24-21)22(27)25-20-9-5-8-17(12-20)16(2)26/h3-12,14H,13H2,1-2H3,(H,23,24)(H,25,27). The summed E-state index contributed by atoms with van der Waals surface area (Å²) in [6.45, 7) is 4.23. The van der Waals surface area contributed by atoms with E-state index in [0.717, 1.165) is 0 Å². The molecule has 0 fully saturated rings. The number of anilines is 2. The molecule has 0 unspecified atom stereocenters. The second-order valence-corrected chi connectivity index (χ2v) is 6.30. The molecule has 0 bridgehead atoms. The van der Waals surface area contributed by atoms with E-state index in [-0.39, 0.29) is 11.7 Å². The number of nitrogens with zero attached hydrogens (tertiary/aromatic N) is 1. The molecule has 3 aromatic rings. The van der Waals surface area contributed by atoms with E-state index in [1.807, 2.05) is 12.1 Å². The fourth-order valence-electron chi connectivity index (χ4n) is 2.65. The number of amides is 1. The van der Waals surface area contributed by atoms with Crippen LogP contribution in [0.3, 0.4) is 0 Å². The lowest BCUT2D eigenvalue weighted by molar-refractivity contribution is 0.101. The van der Waals surface area contributed by atoms with Crippen LogP contribution in [0, 0.1) is 6.92 Å². The molecule has 0 aliphatic carbocycles. The topological polar surface area (TPSA) is 71.1 Å². The maximum Gasteiger partial charge on any atom is 0.257 e. The zero-order valence-electron chi connectivity index (χ0n) is 15.3. The van der Waals surface area contributed by atoms with Crippen molar-refractivity contribution in [2.24, 2.45) is 0 Å². The molecule has 1 heterocycles. The van der Waals surface area contributed by atoms with E-state index in [1.165, 1.54) is 24.2 Å². The number of hydrogen-bond acceptors (Lipinski definition) is 4. The summed E-state index contributed by atoms with van der Waals surface area (Å²) in [5, 5.41) is 6.04. The summed E-state index contributed by atoms with van der Waals surface area (Å²) in [4.78, 5) is 28.1. The van der Waals surface area contributed by atoms with Gasteiger partial charge in [-0.05, 0) is 49.2 Å². The normalized spacial score (nSPS) is 10.3. The first-order chi connectivity index (χ1) is 13.0. The molecule has 2 N–H and O–H groups in total. The van der Waals surface area contributed by atoms with Gasteiger partial charge in [0.25, 0.3) is 5.91 Å². The average Bonchev–Trinajstić information content (AvgIpc) is 2.68. The highest BCUT2D eigenvalue weighted by Gasteiger charge is 2.08. The lowest BCUT2D eigenvalue weighted by Gasteiger charge is -2.09. The number of hydrogen-bond donors (Lipinski definition) is 2. The lowest BCUT2D eigenvalue weighted by Crippen LogP contribution is -2.13. The van der Waals surface area contributed by atoms with Gasteiger partial charge in [0.1, 0.15) is 5.82 Å². The molecule has 2 aromatic carbocycles. The summed E-state index contributed by atoms with van der Waals surface area (Å²) in [6.07, 6.45) is 1.53.